The highest BCUT2D eigenvalue weighted by Gasteiger charge is 2.14. The number of hydrogen-bond donors (Lipinski definition) is 1. The summed E-state index contributed by atoms with van der Waals surface area (Å²) < 4.78 is 8.92. The number of benzene rings is 3. The Morgan fingerprint density at radius 3 is 2.66 bits per heavy atom. The summed E-state index contributed by atoms with van der Waals surface area (Å²) in [4.78, 5) is 17.3. The van der Waals surface area contributed by atoms with Crippen LogP contribution in [0.3, 0.4) is 0 Å². The van der Waals surface area contributed by atoms with Gasteiger partial charge in [-0.25, -0.2) is 4.98 Å². The first-order chi connectivity index (χ1) is 17.2. The van der Waals surface area contributed by atoms with Crippen LogP contribution in [0.5, 0.6) is 5.75 Å². The minimum atomic E-state index is -0.473. The second-order valence-corrected chi connectivity index (χ2v) is 8.95. The van der Waals surface area contributed by atoms with Crippen LogP contribution in [0.15, 0.2) is 90.6 Å². The lowest BCUT2D eigenvalue weighted by Gasteiger charge is -2.07. The van der Waals surface area contributed by atoms with E-state index in [0.717, 1.165) is 45.4 Å². The smallest absolute Gasteiger partial charge is 0.268 e. The van der Waals surface area contributed by atoms with Gasteiger partial charge >= 0.3 is 0 Å². The highest BCUT2D eigenvalue weighted by Crippen LogP contribution is 2.27. The molecule has 6 nitrogen and oxygen atoms in total. The van der Waals surface area contributed by atoms with E-state index in [1.807, 2.05) is 91.1 Å². The van der Waals surface area contributed by atoms with Crippen LogP contribution in [0.1, 0.15) is 12.0 Å². The fraction of sp³-hybridized carbons (Fsp3) is 0.107. The maximum absolute atomic E-state index is 12.9. The fourth-order valence-corrected chi connectivity index (χ4v) is 4.77. The summed E-state index contributed by atoms with van der Waals surface area (Å²) in [7, 11) is 0. The van der Waals surface area contributed by atoms with Crippen molar-refractivity contribution in [3.05, 3.63) is 96.2 Å². The maximum atomic E-state index is 12.9. The summed E-state index contributed by atoms with van der Waals surface area (Å²) in [5.41, 5.74) is 2.71. The van der Waals surface area contributed by atoms with Crippen molar-refractivity contribution in [3.8, 4) is 11.8 Å². The highest BCUT2D eigenvalue weighted by atomic mass is 32.1. The first-order valence-electron chi connectivity index (χ1n) is 11.3. The molecule has 0 aliphatic heterocycles. The number of carbonyl (C=O) groups excluding carboxylic acids is 1. The number of aryl methyl sites for hydroxylation is 1. The summed E-state index contributed by atoms with van der Waals surface area (Å²) >= 11 is 1.38. The Kier molecular flexibility index (Phi) is 6.55. The number of rotatable bonds is 8. The molecule has 3 aromatic carbocycles. The number of para-hydroxylation sites is 3. The van der Waals surface area contributed by atoms with E-state index in [0.29, 0.717) is 11.7 Å². The second-order valence-electron chi connectivity index (χ2n) is 7.92. The predicted molar refractivity (Wildman–Crippen MR) is 140 cm³/mol. The molecule has 0 saturated carbocycles. The number of thiazole rings is 1. The van der Waals surface area contributed by atoms with Gasteiger partial charge < -0.3 is 9.30 Å². The van der Waals surface area contributed by atoms with Crippen LogP contribution in [0.25, 0.3) is 27.2 Å². The van der Waals surface area contributed by atoms with E-state index < -0.39 is 5.91 Å². The van der Waals surface area contributed by atoms with Crippen LogP contribution in [-0.2, 0) is 11.3 Å². The van der Waals surface area contributed by atoms with Crippen LogP contribution in [-0.4, -0.2) is 22.1 Å². The lowest BCUT2D eigenvalue weighted by Crippen LogP contribution is -2.13. The zero-order valence-electron chi connectivity index (χ0n) is 18.8. The molecule has 5 aromatic rings. The number of nitrogens with one attached hydrogen (secondary N) is 1. The van der Waals surface area contributed by atoms with Crippen molar-refractivity contribution in [2.75, 3.05) is 11.9 Å². The Balaban J connectivity index is 1.33. The zero-order valence-corrected chi connectivity index (χ0v) is 19.7. The largest absolute Gasteiger partial charge is 0.494 e. The van der Waals surface area contributed by atoms with Crippen LogP contribution in [0, 0.1) is 11.3 Å². The summed E-state index contributed by atoms with van der Waals surface area (Å²) in [5, 5.41) is 13.9. The topological polar surface area (TPSA) is 79.9 Å². The van der Waals surface area contributed by atoms with Crippen LogP contribution < -0.4 is 10.1 Å². The van der Waals surface area contributed by atoms with E-state index in [4.69, 9.17) is 4.74 Å². The van der Waals surface area contributed by atoms with Crippen molar-refractivity contribution in [2.24, 2.45) is 0 Å². The molecule has 0 spiro atoms. The molecule has 0 aliphatic rings. The third kappa shape index (κ3) is 5.08. The quantitative estimate of drug-likeness (QED) is 0.162. The highest BCUT2D eigenvalue weighted by molar-refractivity contribution is 7.22. The molecule has 7 heteroatoms. The average Bonchev–Trinajstić information content (AvgIpc) is 3.46. The standard InChI is InChI=1S/C28H22N4O2S/c29-18-20(27(33)31-28-30-24-12-5-7-14-26(24)35-28)17-21-19-32(25-13-6-4-11-23(21)25)15-8-16-34-22-9-2-1-3-10-22/h1-7,9-14,17,19H,8,15-16H2,(H,30,31,33)/b20-17+. The summed E-state index contributed by atoms with van der Waals surface area (Å²) in [6.07, 6.45) is 4.44. The lowest BCUT2D eigenvalue weighted by molar-refractivity contribution is -0.112. The molecule has 0 saturated heterocycles. The van der Waals surface area contributed by atoms with Gasteiger partial charge in [0.2, 0.25) is 0 Å². The average molecular weight is 479 g/mol. The number of aromatic nitrogens is 2. The minimum Gasteiger partial charge on any atom is -0.494 e. The third-order valence-corrected chi connectivity index (χ3v) is 6.51. The van der Waals surface area contributed by atoms with Crippen molar-refractivity contribution < 1.29 is 9.53 Å². The molecule has 35 heavy (non-hydrogen) atoms. The molecule has 0 aliphatic carbocycles. The SMILES string of the molecule is N#C/C(=C\c1cn(CCCOc2ccccc2)c2ccccc12)C(=O)Nc1nc2ccccc2s1. The van der Waals surface area contributed by atoms with Gasteiger partial charge in [-0.15, -0.1) is 0 Å². The van der Waals surface area contributed by atoms with Gasteiger partial charge in [-0.3, -0.25) is 10.1 Å². The number of nitrogens with zero attached hydrogens (tertiary/aromatic N) is 3. The van der Waals surface area contributed by atoms with Gasteiger partial charge in [0.05, 0.1) is 16.8 Å². The van der Waals surface area contributed by atoms with Crippen LogP contribution >= 0.6 is 11.3 Å². The van der Waals surface area contributed by atoms with E-state index in [-0.39, 0.29) is 5.57 Å². The normalized spacial score (nSPS) is 11.5. The molecule has 0 atom stereocenters. The first kappa shape index (κ1) is 22.4. The molecule has 172 valence electrons. The molecule has 2 aromatic heterocycles. The van der Waals surface area contributed by atoms with E-state index in [1.165, 1.54) is 11.3 Å². The van der Waals surface area contributed by atoms with Gasteiger partial charge in [0.15, 0.2) is 5.13 Å². The number of fused-ring (bicyclic) bond motifs is 2. The molecule has 0 radical (unpaired) electrons. The predicted octanol–water partition coefficient (Wildman–Crippen LogP) is 6.27. The Bertz CT molecular complexity index is 1530. The second kappa shape index (κ2) is 10.2. The van der Waals surface area contributed by atoms with E-state index >= 15 is 0 Å². The number of nitriles is 1. The molecule has 2 heterocycles. The van der Waals surface area contributed by atoms with Crippen molar-refractivity contribution in [3.63, 3.8) is 0 Å². The van der Waals surface area contributed by atoms with Crippen LogP contribution in [0.2, 0.25) is 0 Å². The first-order valence-corrected chi connectivity index (χ1v) is 12.1. The van der Waals surface area contributed by atoms with Gasteiger partial charge in [-0.1, -0.05) is 59.9 Å². The zero-order chi connectivity index (χ0) is 24.0. The monoisotopic (exact) mass is 478 g/mol. The fourth-order valence-electron chi connectivity index (χ4n) is 3.91. The lowest BCUT2D eigenvalue weighted by atomic mass is 10.1. The summed E-state index contributed by atoms with van der Waals surface area (Å²) in [6, 6.07) is 27.4. The summed E-state index contributed by atoms with van der Waals surface area (Å²) in [6.45, 7) is 1.34. The molecule has 5 rings (SSSR count). The van der Waals surface area contributed by atoms with Crippen molar-refractivity contribution in [1.29, 1.82) is 5.26 Å². The van der Waals surface area contributed by atoms with Crippen LogP contribution in [0.4, 0.5) is 5.13 Å². The molecule has 0 fully saturated rings. The van der Waals surface area contributed by atoms with Gasteiger partial charge in [-0.05, 0) is 42.8 Å². The number of amides is 1. The third-order valence-electron chi connectivity index (χ3n) is 5.55. The van der Waals surface area contributed by atoms with E-state index in [9.17, 15) is 10.1 Å². The molecule has 0 unspecified atom stereocenters. The molecule has 0 bridgehead atoms. The van der Waals surface area contributed by atoms with Crippen molar-refractivity contribution in [1.82, 2.24) is 9.55 Å². The van der Waals surface area contributed by atoms with Crippen molar-refractivity contribution >= 4 is 49.6 Å². The Morgan fingerprint density at radius 1 is 1.06 bits per heavy atom. The number of hydrogen-bond acceptors (Lipinski definition) is 5. The Labute approximate surface area is 206 Å². The maximum Gasteiger partial charge on any atom is 0.268 e. The molecule has 1 N–H and O–H groups in total. The number of anilines is 1. The minimum absolute atomic E-state index is 0.0274. The van der Waals surface area contributed by atoms with Gasteiger partial charge in [-0.2, -0.15) is 5.26 Å². The molecular weight excluding hydrogens is 456 g/mol. The summed E-state index contributed by atoms with van der Waals surface area (Å²) in [5.74, 6) is 0.380. The number of carbonyl (C=O) groups is 1. The van der Waals surface area contributed by atoms with Gasteiger partial charge in [0.25, 0.3) is 5.91 Å². The number of ether oxygens (including phenoxy) is 1. The Hall–Kier alpha value is -4.41. The van der Waals surface area contributed by atoms with E-state index in [1.54, 1.807) is 6.08 Å². The van der Waals surface area contributed by atoms with Gasteiger partial charge in [0, 0.05) is 29.2 Å². The van der Waals surface area contributed by atoms with Gasteiger partial charge in [0.1, 0.15) is 17.4 Å². The van der Waals surface area contributed by atoms with Crippen molar-refractivity contribution in [2.45, 2.75) is 13.0 Å². The molecule has 1 amide bonds. The Morgan fingerprint density at radius 2 is 1.83 bits per heavy atom. The molecular formula is C28H22N4O2S. The van der Waals surface area contributed by atoms with E-state index in [2.05, 4.69) is 14.9 Å².